The average molecular weight is 491 g/mol. The van der Waals surface area contributed by atoms with Gasteiger partial charge in [-0.05, 0) is 25.7 Å². The van der Waals surface area contributed by atoms with E-state index < -0.39 is 0 Å². The zero-order valence-electron chi connectivity index (χ0n) is 24.3. The second kappa shape index (κ2) is 27.6. The molecule has 0 aliphatic heterocycles. The molecule has 0 aliphatic rings. The minimum absolute atomic E-state index is 0.197. The van der Waals surface area contributed by atoms with Gasteiger partial charge in [-0.1, -0.05) is 124 Å². The second-order valence-electron chi connectivity index (χ2n) is 10.5. The molecule has 0 fully saturated rings. The maximum atomic E-state index is 12.8. The van der Waals surface area contributed by atoms with E-state index in [-0.39, 0.29) is 11.8 Å². The third-order valence-corrected chi connectivity index (χ3v) is 7.10. The first-order chi connectivity index (χ1) is 17.2. The van der Waals surface area contributed by atoms with Gasteiger partial charge in [0.1, 0.15) is 0 Å². The molecule has 3 heteroatoms. The van der Waals surface area contributed by atoms with E-state index in [0.29, 0.717) is 12.6 Å². The summed E-state index contributed by atoms with van der Waals surface area (Å²) in [6.45, 7) is 10.7. The summed E-state index contributed by atoms with van der Waals surface area (Å²) in [6.07, 6.45) is 25.7. The number of nitrogens with one attached hydrogen (secondary N) is 2. The van der Waals surface area contributed by atoms with E-state index in [9.17, 15) is 4.79 Å². The quantitative estimate of drug-likeness (QED) is 0.0990. The van der Waals surface area contributed by atoms with Crippen LogP contribution in [-0.2, 0) is 4.79 Å². The Hall–Kier alpha value is -1.01. The van der Waals surface area contributed by atoms with Crippen molar-refractivity contribution in [3.8, 4) is 11.8 Å². The van der Waals surface area contributed by atoms with E-state index in [1.54, 1.807) is 0 Å². The van der Waals surface area contributed by atoms with Gasteiger partial charge in [-0.25, -0.2) is 0 Å². The molecule has 1 atom stereocenters. The molecule has 0 aromatic rings. The zero-order chi connectivity index (χ0) is 25.8. The van der Waals surface area contributed by atoms with Crippen molar-refractivity contribution < 1.29 is 4.79 Å². The molecule has 0 aromatic heterocycles. The Kier molecular flexibility index (Phi) is 26.8. The van der Waals surface area contributed by atoms with Gasteiger partial charge in [0.05, 0.1) is 0 Å². The van der Waals surface area contributed by atoms with Crippen molar-refractivity contribution >= 4 is 5.91 Å². The summed E-state index contributed by atoms with van der Waals surface area (Å²) in [4.78, 5) is 12.8. The number of hydrogen-bond acceptors (Lipinski definition) is 2. The number of amides is 1. The number of carbonyl (C=O) groups excluding carboxylic acids is 1. The molecular formula is C32H62N2O. The fourth-order valence-corrected chi connectivity index (χ4v) is 4.76. The molecular weight excluding hydrogens is 428 g/mol. The van der Waals surface area contributed by atoms with E-state index in [1.807, 2.05) is 0 Å². The lowest BCUT2D eigenvalue weighted by Gasteiger charge is -2.18. The predicted molar refractivity (Wildman–Crippen MR) is 156 cm³/mol. The summed E-state index contributed by atoms with van der Waals surface area (Å²) in [5.41, 5.74) is 0. The highest BCUT2D eigenvalue weighted by atomic mass is 16.1. The lowest BCUT2D eigenvalue weighted by atomic mass is 9.93. The van der Waals surface area contributed by atoms with Crippen molar-refractivity contribution in [2.45, 2.75) is 169 Å². The van der Waals surface area contributed by atoms with Crippen molar-refractivity contribution in [1.29, 1.82) is 0 Å². The molecule has 0 radical (unpaired) electrons. The number of rotatable bonds is 25. The van der Waals surface area contributed by atoms with E-state index in [1.165, 1.54) is 109 Å². The first kappa shape index (κ1) is 34.0. The molecule has 0 aromatic carbocycles. The van der Waals surface area contributed by atoms with Crippen LogP contribution in [0.1, 0.15) is 163 Å². The van der Waals surface area contributed by atoms with Gasteiger partial charge in [0, 0.05) is 37.9 Å². The molecule has 0 saturated carbocycles. The van der Waals surface area contributed by atoms with E-state index in [0.717, 1.165) is 32.2 Å². The predicted octanol–water partition coefficient (Wildman–Crippen LogP) is 8.95. The second-order valence-corrected chi connectivity index (χ2v) is 10.5. The third kappa shape index (κ3) is 23.2. The maximum absolute atomic E-state index is 12.8. The zero-order valence-corrected chi connectivity index (χ0v) is 24.3. The Balaban J connectivity index is 4.19. The highest BCUT2D eigenvalue weighted by Gasteiger charge is 2.17. The van der Waals surface area contributed by atoms with Gasteiger partial charge in [0.25, 0.3) is 0 Å². The molecule has 35 heavy (non-hydrogen) atoms. The smallest absolute Gasteiger partial charge is 0.223 e. The Labute approximate surface area is 220 Å². The molecule has 0 spiro atoms. The van der Waals surface area contributed by atoms with Gasteiger partial charge in [0.2, 0.25) is 5.91 Å². The lowest BCUT2D eigenvalue weighted by molar-refractivity contribution is -0.125. The molecule has 1 unspecified atom stereocenters. The summed E-state index contributed by atoms with van der Waals surface area (Å²) in [7, 11) is 0. The minimum atomic E-state index is 0.197. The largest absolute Gasteiger partial charge is 0.355 e. The lowest BCUT2D eigenvalue weighted by Crippen LogP contribution is -2.31. The summed E-state index contributed by atoms with van der Waals surface area (Å²) < 4.78 is 0. The fraction of sp³-hybridized carbons (Fsp3) is 0.906. The van der Waals surface area contributed by atoms with Crippen molar-refractivity contribution in [2.24, 2.45) is 5.92 Å². The number of carbonyl (C=O) groups is 1. The van der Waals surface area contributed by atoms with Crippen LogP contribution in [0.25, 0.3) is 0 Å². The van der Waals surface area contributed by atoms with Gasteiger partial charge < -0.3 is 10.6 Å². The van der Waals surface area contributed by atoms with Gasteiger partial charge >= 0.3 is 0 Å². The first-order valence-corrected chi connectivity index (χ1v) is 15.7. The Morgan fingerprint density at radius 1 is 0.571 bits per heavy atom. The number of unbranched alkanes of at least 4 members (excludes halogenated alkanes) is 11. The molecule has 0 saturated heterocycles. The van der Waals surface area contributed by atoms with Crippen LogP contribution in [0.3, 0.4) is 0 Å². The van der Waals surface area contributed by atoms with E-state index in [4.69, 9.17) is 0 Å². The van der Waals surface area contributed by atoms with Crippen molar-refractivity contribution in [2.75, 3.05) is 13.1 Å². The standard InChI is InChI=1S/C32H62N2O/c1-5-9-13-15-21-25-30(24-20-14-10-6-2)32(35)34-29-23-17-16-22-28-33-31(26-18-11-7-3)27-19-12-8-4/h30-31,33H,5-15,18-29H2,1-4H3,(H,34,35). The highest BCUT2D eigenvalue weighted by Crippen LogP contribution is 2.19. The van der Waals surface area contributed by atoms with Gasteiger partial charge in [-0.3, -0.25) is 4.79 Å². The Bertz CT molecular complexity index is 497. The van der Waals surface area contributed by atoms with Crippen molar-refractivity contribution in [1.82, 2.24) is 10.6 Å². The normalized spacial score (nSPS) is 11.9. The fourth-order valence-electron chi connectivity index (χ4n) is 4.76. The van der Waals surface area contributed by atoms with Gasteiger partial charge in [0.15, 0.2) is 0 Å². The van der Waals surface area contributed by atoms with Crippen LogP contribution in [-0.4, -0.2) is 25.0 Å². The molecule has 0 rings (SSSR count). The van der Waals surface area contributed by atoms with Crippen LogP contribution >= 0.6 is 0 Å². The summed E-state index contributed by atoms with van der Waals surface area (Å²) in [5.74, 6) is 7.06. The molecule has 0 heterocycles. The monoisotopic (exact) mass is 490 g/mol. The van der Waals surface area contributed by atoms with Crippen LogP contribution in [0, 0.1) is 17.8 Å². The van der Waals surface area contributed by atoms with Gasteiger partial charge in [-0.2, -0.15) is 0 Å². The van der Waals surface area contributed by atoms with Crippen LogP contribution < -0.4 is 10.6 Å². The first-order valence-electron chi connectivity index (χ1n) is 15.7. The molecule has 0 aliphatic carbocycles. The Morgan fingerprint density at radius 2 is 1.00 bits per heavy atom. The Morgan fingerprint density at radius 3 is 1.54 bits per heavy atom. The molecule has 3 nitrogen and oxygen atoms in total. The highest BCUT2D eigenvalue weighted by molar-refractivity contribution is 5.78. The van der Waals surface area contributed by atoms with E-state index in [2.05, 4.69) is 50.2 Å². The molecule has 1 amide bonds. The molecule has 2 N–H and O–H groups in total. The summed E-state index contributed by atoms with van der Waals surface area (Å²) >= 11 is 0. The average Bonchev–Trinajstić information content (AvgIpc) is 2.86. The maximum Gasteiger partial charge on any atom is 0.223 e. The van der Waals surface area contributed by atoms with Crippen molar-refractivity contribution in [3.63, 3.8) is 0 Å². The van der Waals surface area contributed by atoms with Crippen LogP contribution in [0.5, 0.6) is 0 Å². The van der Waals surface area contributed by atoms with Crippen molar-refractivity contribution in [3.05, 3.63) is 0 Å². The summed E-state index contributed by atoms with van der Waals surface area (Å²) in [5, 5.41) is 6.94. The molecule has 0 bridgehead atoms. The topological polar surface area (TPSA) is 41.1 Å². The van der Waals surface area contributed by atoms with Crippen LogP contribution in [0.2, 0.25) is 0 Å². The van der Waals surface area contributed by atoms with Crippen LogP contribution in [0.15, 0.2) is 0 Å². The SMILES string of the molecule is CCCCCCCC(CCCCCC)C(=O)NCCC#CCCNC(CCCCC)CCCCC. The summed E-state index contributed by atoms with van der Waals surface area (Å²) in [6, 6.07) is 0.658. The van der Waals surface area contributed by atoms with Crippen LogP contribution in [0.4, 0.5) is 0 Å². The molecule has 206 valence electrons. The third-order valence-electron chi connectivity index (χ3n) is 7.10. The van der Waals surface area contributed by atoms with Gasteiger partial charge in [-0.15, -0.1) is 11.8 Å². The van der Waals surface area contributed by atoms with E-state index >= 15 is 0 Å². The number of hydrogen-bond donors (Lipinski definition) is 2. The minimum Gasteiger partial charge on any atom is -0.355 e.